The van der Waals surface area contributed by atoms with Gasteiger partial charge in [-0.2, -0.15) is 0 Å². The van der Waals surface area contributed by atoms with E-state index in [0.717, 1.165) is 12.8 Å². The molecule has 0 unspecified atom stereocenters. The summed E-state index contributed by atoms with van der Waals surface area (Å²) in [6.45, 7) is 1.92. The van der Waals surface area contributed by atoms with Crippen LogP contribution < -0.4 is 10.1 Å². The minimum absolute atomic E-state index is 0.133. The van der Waals surface area contributed by atoms with Crippen molar-refractivity contribution in [2.45, 2.75) is 19.3 Å². The topological polar surface area (TPSA) is 58.6 Å². The highest BCUT2D eigenvalue weighted by Crippen LogP contribution is 2.23. The molecule has 3 rings (SSSR count). The Labute approximate surface area is 168 Å². The molecule has 0 saturated heterocycles. The Bertz CT molecular complexity index is 842. The van der Waals surface area contributed by atoms with Crippen molar-refractivity contribution < 1.29 is 18.7 Å². The molecule has 7 heteroatoms. The molecule has 0 bridgehead atoms. The minimum atomic E-state index is -0.371. The van der Waals surface area contributed by atoms with E-state index in [2.05, 4.69) is 5.32 Å². The van der Waals surface area contributed by atoms with E-state index in [-0.39, 0.29) is 17.6 Å². The average molecular weight is 405 g/mol. The van der Waals surface area contributed by atoms with Crippen LogP contribution in [0.4, 0.5) is 4.39 Å². The number of amides is 2. The molecule has 0 fully saturated rings. The Morgan fingerprint density at radius 3 is 2.61 bits per heavy atom. The largest absolute Gasteiger partial charge is 0.493 e. The Morgan fingerprint density at radius 2 is 1.82 bits per heavy atom. The average Bonchev–Trinajstić information content (AvgIpc) is 2.70. The van der Waals surface area contributed by atoms with Gasteiger partial charge in [0.15, 0.2) is 0 Å². The summed E-state index contributed by atoms with van der Waals surface area (Å²) in [4.78, 5) is 26.9. The highest BCUT2D eigenvalue weighted by Gasteiger charge is 2.17. The molecule has 28 heavy (non-hydrogen) atoms. The molecule has 2 amide bonds. The first-order valence-electron chi connectivity index (χ1n) is 9.30. The van der Waals surface area contributed by atoms with E-state index in [1.54, 1.807) is 23.1 Å². The number of carbonyl (C=O) groups is 2. The van der Waals surface area contributed by atoms with Crippen LogP contribution >= 0.6 is 11.6 Å². The number of fused-ring (bicyclic) bond motifs is 1. The van der Waals surface area contributed by atoms with Crippen molar-refractivity contribution >= 4 is 23.4 Å². The van der Waals surface area contributed by atoms with Gasteiger partial charge in [0.05, 0.1) is 12.2 Å². The van der Waals surface area contributed by atoms with Gasteiger partial charge in [-0.25, -0.2) is 4.39 Å². The van der Waals surface area contributed by atoms with Gasteiger partial charge in [-0.15, -0.1) is 0 Å². The number of nitrogens with zero attached hydrogens (tertiary/aromatic N) is 1. The van der Waals surface area contributed by atoms with Gasteiger partial charge in [0, 0.05) is 30.2 Å². The predicted molar refractivity (Wildman–Crippen MR) is 105 cm³/mol. The molecule has 1 heterocycles. The van der Waals surface area contributed by atoms with Crippen LogP contribution in [0.3, 0.4) is 0 Å². The van der Waals surface area contributed by atoms with Crippen LogP contribution in [0.2, 0.25) is 5.02 Å². The van der Waals surface area contributed by atoms with Crippen LogP contribution in [0.15, 0.2) is 42.5 Å². The number of benzene rings is 2. The van der Waals surface area contributed by atoms with Crippen LogP contribution in [0.1, 0.15) is 40.0 Å². The Hall–Kier alpha value is -2.60. The van der Waals surface area contributed by atoms with Crippen molar-refractivity contribution in [3.05, 3.63) is 64.4 Å². The van der Waals surface area contributed by atoms with Crippen molar-refractivity contribution in [2.75, 3.05) is 26.2 Å². The molecule has 1 aliphatic heterocycles. The van der Waals surface area contributed by atoms with Gasteiger partial charge in [-0.1, -0.05) is 11.6 Å². The minimum Gasteiger partial charge on any atom is -0.493 e. The van der Waals surface area contributed by atoms with Crippen molar-refractivity contribution in [1.82, 2.24) is 10.2 Å². The van der Waals surface area contributed by atoms with Crippen LogP contribution in [-0.2, 0) is 0 Å². The summed E-state index contributed by atoms with van der Waals surface area (Å²) in [5.41, 5.74) is 0.867. The second-order valence-electron chi connectivity index (χ2n) is 6.60. The summed E-state index contributed by atoms with van der Waals surface area (Å²) in [7, 11) is 0. The van der Waals surface area contributed by atoms with E-state index in [1.165, 1.54) is 24.3 Å². The number of halogens is 2. The van der Waals surface area contributed by atoms with Gasteiger partial charge in [0.1, 0.15) is 11.6 Å². The number of hydrogen-bond acceptors (Lipinski definition) is 3. The molecule has 148 valence electrons. The number of hydrogen-bond donors (Lipinski definition) is 1. The first-order chi connectivity index (χ1) is 13.5. The molecule has 1 N–H and O–H groups in total. The summed E-state index contributed by atoms with van der Waals surface area (Å²) in [6, 6.07) is 10.5. The summed E-state index contributed by atoms with van der Waals surface area (Å²) in [5.74, 6) is -0.260. The number of rotatable bonds is 1. The van der Waals surface area contributed by atoms with Crippen molar-refractivity contribution in [3.63, 3.8) is 0 Å². The van der Waals surface area contributed by atoms with E-state index in [4.69, 9.17) is 16.3 Å². The molecule has 5 nitrogen and oxygen atoms in total. The second kappa shape index (κ2) is 9.55. The Kier molecular flexibility index (Phi) is 6.87. The zero-order chi connectivity index (χ0) is 19.9. The maximum absolute atomic E-state index is 13.1. The maximum Gasteiger partial charge on any atom is 0.255 e. The fourth-order valence-electron chi connectivity index (χ4n) is 3.06. The Morgan fingerprint density at radius 1 is 1.07 bits per heavy atom. The van der Waals surface area contributed by atoms with Crippen LogP contribution in [0.5, 0.6) is 5.75 Å². The molecule has 2 aromatic carbocycles. The smallest absolute Gasteiger partial charge is 0.255 e. The third-order valence-electron chi connectivity index (χ3n) is 4.53. The Balaban J connectivity index is 1.71. The van der Waals surface area contributed by atoms with Gasteiger partial charge in [-0.05, 0) is 61.7 Å². The van der Waals surface area contributed by atoms with Gasteiger partial charge in [0.2, 0.25) is 0 Å². The van der Waals surface area contributed by atoms with Crippen LogP contribution in [0, 0.1) is 5.82 Å². The molecule has 0 spiro atoms. The molecular weight excluding hydrogens is 383 g/mol. The summed E-state index contributed by atoms with van der Waals surface area (Å²) in [5, 5.41) is 3.33. The first-order valence-corrected chi connectivity index (χ1v) is 9.68. The predicted octanol–water partition coefficient (Wildman–Crippen LogP) is 3.91. The maximum atomic E-state index is 13.1. The summed E-state index contributed by atoms with van der Waals surface area (Å²) < 4.78 is 18.9. The SMILES string of the molecule is O=C1NCCCCN(C(=O)c2ccc(F)cc2)CCCOc2ccc(Cl)cc21. The molecule has 1 aliphatic rings. The van der Waals surface area contributed by atoms with Gasteiger partial charge in [-0.3, -0.25) is 9.59 Å². The molecule has 0 atom stereocenters. The fraction of sp³-hybridized carbons (Fsp3) is 0.333. The molecular formula is C21H22ClFN2O3. The van der Waals surface area contributed by atoms with E-state index < -0.39 is 0 Å². The number of carbonyl (C=O) groups excluding carboxylic acids is 2. The first kappa shape index (κ1) is 20.1. The zero-order valence-electron chi connectivity index (χ0n) is 15.4. The number of nitrogens with one attached hydrogen (secondary N) is 1. The van der Waals surface area contributed by atoms with E-state index >= 15 is 0 Å². The van der Waals surface area contributed by atoms with E-state index in [1.807, 2.05) is 0 Å². The lowest BCUT2D eigenvalue weighted by Gasteiger charge is -2.23. The monoisotopic (exact) mass is 404 g/mol. The van der Waals surface area contributed by atoms with Crippen molar-refractivity contribution in [2.24, 2.45) is 0 Å². The van der Waals surface area contributed by atoms with Gasteiger partial charge in [0.25, 0.3) is 11.8 Å². The molecule has 0 saturated carbocycles. The van der Waals surface area contributed by atoms with Crippen LogP contribution in [0.25, 0.3) is 0 Å². The molecule has 0 radical (unpaired) electrons. The quantitative estimate of drug-likeness (QED) is 0.783. The molecule has 2 aromatic rings. The van der Waals surface area contributed by atoms with E-state index in [0.29, 0.717) is 54.6 Å². The molecule has 0 aromatic heterocycles. The van der Waals surface area contributed by atoms with Gasteiger partial charge < -0.3 is 15.0 Å². The lowest BCUT2D eigenvalue weighted by molar-refractivity contribution is 0.0743. The van der Waals surface area contributed by atoms with Gasteiger partial charge >= 0.3 is 0 Å². The third kappa shape index (κ3) is 5.23. The number of ether oxygens (including phenoxy) is 1. The summed E-state index contributed by atoms with van der Waals surface area (Å²) in [6.07, 6.45) is 2.09. The lowest BCUT2D eigenvalue weighted by atomic mass is 10.1. The van der Waals surface area contributed by atoms with E-state index in [9.17, 15) is 14.0 Å². The lowest BCUT2D eigenvalue weighted by Crippen LogP contribution is -2.34. The van der Waals surface area contributed by atoms with Crippen molar-refractivity contribution in [3.8, 4) is 5.75 Å². The fourth-order valence-corrected chi connectivity index (χ4v) is 3.23. The van der Waals surface area contributed by atoms with Crippen molar-refractivity contribution in [1.29, 1.82) is 0 Å². The second-order valence-corrected chi connectivity index (χ2v) is 7.04. The summed E-state index contributed by atoms with van der Waals surface area (Å²) >= 11 is 6.01. The third-order valence-corrected chi connectivity index (χ3v) is 4.77. The standard InChI is InChI=1S/C21H22ClFN2O3/c22-16-6-9-19-18(14-16)20(26)24-10-1-2-11-25(12-3-13-28-19)21(27)15-4-7-17(23)8-5-15/h4-9,14H,1-3,10-13H2,(H,24,26). The molecule has 0 aliphatic carbocycles. The van der Waals surface area contributed by atoms with Crippen LogP contribution in [-0.4, -0.2) is 43.0 Å². The normalized spacial score (nSPS) is 15.9. The zero-order valence-corrected chi connectivity index (χ0v) is 16.2. The highest BCUT2D eigenvalue weighted by molar-refractivity contribution is 6.31. The highest BCUT2D eigenvalue weighted by atomic mass is 35.5.